The van der Waals surface area contributed by atoms with E-state index in [4.69, 9.17) is 9.15 Å². The summed E-state index contributed by atoms with van der Waals surface area (Å²) >= 11 is 2.54. The molecule has 2 aromatic heterocycles. The number of amides is 2. The van der Waals surface area contributed by atoms with Crippen molar-refractivity contribution in [3.05, 3.63) is 35.2 Å². The van der Waals surface area contributed by atoms with Crippen LogP contribution in [0.4, 0.5) is 0 Å². The minimum atomic E-state index is -0.538. The SMILES string of the molecule is CCOC(=O)Cc1csc(SCC(=O)NNC(=O)c2ccco2)n1. The Hall–Kier alpha value is -2.33. The predicted octanol–water partition coefficient (Wildman–Crippen LogP) is 1.39. The molecule has 0 aliphatic rings. The molecule has 0 spiro atoms. The second kappa shape index (κ2) is 9.08. The monoisotopic (exact) mass is 369 g/mol. The fraction of sp³-hybridized carbons (Fsp3) is 0.286. The van der Waals surface area contributed by atoms with Gasteiger partial charge in [-0.1, -0.05) is 11.8 Å². The second-order valence-electron chi connectivity index (χ2n) is 4.35. The largest absolute Gasteiger partial charge is 0.466 e. The number of nitrogens with one attached hydrogen (secondary N) is 2. The average Bonchev–Trinajstić information content (AvgIpc) is 3.22. The summed E-state index contributed by atoms with van der Waals surface area (Å²) in [6.07, 6.45) is 1.47. The molecular formula is C14H15N3O5S2. The minimum absolute atomic E-state index is 0.0742. The van der Waals surface area contributed by atoms with Crippen LogP contribution in [0.25, 0.3) is 0 Å². The Morgan fingerprint density at radius 2 is 2.21 bits per heavy atom. The average molecular weight is 369 g/mol. The molecule has 2 N–H and O–H groups in total. The Kier molecular flexibility index (Phi) is 6.82. The van der Waals surface area contributed by atoms with E-state index in [1.807, 2.05) is 0 Å². The number of thioether (sulfide) groups is 1. The maximum Gasteiger partial charge on any atom is 0.311 e. The molecule has 0 aliphatic heterocycles. The van der Waals surface area contributed by atoms with Crippen molar-refractivity contribution in [3.8, 4) is 0 Å². The zero-order valence-electron chi connectivity index (χ0n) is 12.7. The molecule has 0 saturated carbocycles. The summed E-state index contributed by atoms with van der Waals surface area (Å²) in [6, 6.07) is 3.06. The predicted molar refractivity (Wildman–Crippen MR) is 87.5 cm³/mol. The van der Waals surface area contributed by atoms with Gasteiger partial charge in [-0.05, 0) is 19.1 Å². The first-order valence-corrected chi connectivity index (χ1v) is 8.80. The fourth-order valence-electron chi connectivity index (χ4n) is 1.55. The quantitative estimate of drug-likeness (QED) is 0.431. The Morgan fingerprint density at radius 3 is 2.92 bits per heavy atom. The van der Waals surface area contributed by atoms with Crippen LogP contribution < -0.4 is 10.9 Å². The fourth-order valence-corrected chi connectivity index (χ4v) is 3.20. The maximum atomic E-state index is 11.7. The number of hydrogen-bond donors (Lipinski definition) is 2. The highest BCUT2D eigenvalue weighted by Crippen LogP contribution is 2.22. The Labute approximate surface area is 145 Å². The first kappa shape index (κ1) is 18.0. The lowest BCUT2D eigenvalue weighted by atomic mass is 10.3. The number of ether oxygens (including phenoxy) is 1. The van der Waals surface area contributed by atoms with Crippen LogP contribution in [0.3, 0.4) is 0 Å². The third-order valence-electron chi connectivity index (χ3n) is 2.55. The Morgan fingerprint density at radius 1 is 1.38 bits per heavy atom. The second-order valence-corrected chi connectivity index (χ2v) is 6.44. The molecule has 8 nitrogen and oxygen atoms in total. The van der Waals surface area contributed by atoms with Crippen molar-refractivity contribution in [1.29, 1.82) is 0 Å². The summed E-state index contributed by atoms with van der Waals surface area (Å²) in [5, 5.41) is 1.75. The van der Waals surface area contributed by atoms with Crippen LogP contribution in [0.15, 0.2) is 32.5 Å². The molecule has 0 atom stereocenters. The summed E-state index contributed by atoms with van der Waals surface area (Å²) in [6.45, 7) is 2.07. The van der Waals surface area contributed by atoms with Crippen LogP contribution in [0.5, 0.6) is 0 Å². The molecule has 0 bridgehead atoms. The lowest BCUT2D eigenvalue weighted by molar-refractivity contribution is -0.142. The van der Waals surface area contributed by atoms with Gasteiger partial charge in [-0.3, -0.25) is 25.2 Å². The summed E-state index contributed by atoms with van der Waals surface area (Å²) in [5.74, 6) is -1.08. The molecule has 0 radical (unpaired) electrons. The van der Waals surface area contributed by atoms with Gasteiger partial charge in [-0.25, -0.2) is 4.98 Å². The smallest absolute Gasteiger partial charge is 0.311 e. The van der Waals surface area contributed by atoms with Crippen LogP contribution in [-0.2, 0) is 20.7 Å². The van der Waals surface area contributed by atoms with Crippen molar-refractivity contribution in [1.82, 2.24) is 15.8 Å². The molecule has 0 aromatic carbocycles. The van der Waals surface area contributed by atoms with E-state index in [-0.39, 0.29) is 29.8 Å². The van der Waals surface area contributed by atoms with Gasteiger partial charge >= 0.3 is 11.9 Å². The highest BCUT2D eigenvalue weighted by Gasteiger charge is 2.12. The number of esters is 1. The highest BCUT2D eigenvalue weighted by molar-refractivity contribution is 8.01. The number of nitrogens with zero attached hydrogens (tertiary/aromatic N) is 1. The summed E-state index contributed by atoms with van der Waals surface area (Å²) < 4.78 is 10.4. The lowest BCUT2D eigenvalue weighted by Gasteiger charge is -2.04. The Bertz CT molecular complexity index is 699. The molecule has 0 aliphatic carbocycles. The summed E-state index contributed by atoms with van der Waals surface area (Å²) in [4.78, 5) is 38.8. The van der Waals surface area contributed by atoms with Gasteiger partial charge < -0.3 is 9.15 Å². The number of carbonyl (C=O) groups is 3. The van der Waals surface area contributed by atoms with Crippen LogP contribution in [0, 0.1) is 0 Å². The van der Waals surface area contributed by atoms with Crippen LogP contribution >= 0.6 is 23.1 Å². The Balaban J connectivity index is 1.71. The molecule has 128 valence electrons. The van der Waals surface area contributed by atoms with E-state index in [1.54, 1.807) is 18.4 Å². The van der Waals surface area contributed by atoms with E-state index >= 15 is 0 Å². The number of furan rings is 1. The van der Waals surface area contributed by atoms with E-state index in [0.29, 0.717) is 16.6 Å². The lowest BCUT2D eigenvalue weighted by Crippen LogP contribution is -2.42. The number of hydrazine groups is 1. The third-order valence-corrected chi connectivity index (χ3v) is 4.62. The van der Waals surface area contributed by atoms with Gasteiger partial charge in [0.25, 0.3) is 0 Å². The van der Waals surface area contributed by atoms with Crippen molar-refractivity contribution in [3.63, 3.8) is 0 Å². The molecule has 24 heavy (non-hydrogen) atoms. The number of thiazole rings is 1. The van der Waals surface area contributed by atoms with Gasteiger partial charge in [-0.2, -0.15) is 0 Å². The van der Waals surface area contributed by atoms with Crippen molar-refractivity contribution in [2.24, 2.45) is 0 Å². The molecule has 0 saturated heterocycles. The molecule has 10 heteroatoms. The van der Waals surface area contributed by atoms with E-state index in [0.717, 1.165) is 0 Å². The normalized spacial score (nSPS) is 10.2. The number of rotatable bonds is 7. The first-order chi connectivity index (χ1) is 11.6. The number of carbonyl (C=O) groups excluding carboxylic acids is 3. The van der Waals surface area contributed by atoms with Crippen molar-refractivity contribution < 1.29 is 23.5 Å². The van der Waals surface area contributed by atoms with Crippen molar-refractivity contribution in [2.45, 2.75) is 17.7 Å². The summed E-state index contributed by atoms with van der Waals surface area (Å²) in [5.41, 5.74) is 5.13. The van der Waals surface area contributed by atoms with Gasteiger partial charge in [0.2, 0.25) is 5.91 Å². The van der Waals surface area contributed by atoms with Crippen LogP contribution in [0.1, 0.15) is 23.2 Å². The topological polar surface area (TPSA) is 111 Å². The van der Waals surface area contributed by atoms with Gasteiger partial charge in [0.05, 0.1) is 30.7 Å². The molecular weight excluding hydrogens is 354 g/mol. The molecule has 0 fully saturated rings. The van der Waals surface area contributed by atoms with Crippen LogP contribution in [-0.4, -0.2) is 35.1 Å². The van der Waals surface area contributed by atoms with E-state index < -0.39 is 5.91 Å². The standard InChI is InChI=1S/C14H15N3O5S2/c1-2-21-12(19)6-9-7-23-14(15-9)24-8-11(18)16-17-13(20)10-4-3-5-22-10/h3-5,7H,2,6,8H2,1H3,(H,16,18)(H,17,20). The van der Waals surface area contributed by atoms with Crippen LogP contribution in [0.2, 0.25) is 0 Å². The van der Waals surface area contributed by atoms with E-state index in [2.05, 4.69) is 15.8 Å². The van der Waals surface area contributed by atoms with Gasteiger partial charge in [0.1, 0.15) is 0 Å². The summed E-state index contributed by atoms with van der Waals surface area (Å²) in [7, 11) is 0. The highest BCUT2D eigenvalue weighted by atomic mass is 32.2. The third kappa shape index (κ3) is 5.70. The molecule has 2 aromatic rings. The molecule has 0 unspecified atom stereocenters. The van der Waals surface area contributed by atoms with Gasteiger partial charge in [-0.15, -0.1) is 11.3 Å². The molecule has 2 amide bonds. The van der Waals surface area contributed by atoms with Crippen molar-refractivity contribution in [2.75, 3.05) is 12.4 Å². The zero-order chi connectivity index (χ0) is 17.4. The molecule has 2 heterocycles. The van der Waals surface area contributed by atoms with E-state index in [1.165, 1.54) is 35.4 Å². The van der Waals surface area contributed by atoms with Gasteiger partial charge in [0.15, 0.2) is 10.1 Å². The first-order valence-electron chi connectivity index (χ1n) is 6.94. The minimum Gasteiger partial charge on any atom is -0.466 e. The van der Waals surface area contributed by atoms with Gasteiger partial charge in [0, 0.05) is 5.38 Å². The number of hydrogen-bond acceptors (Lipinski definition) is 8. The van der Waals surface area contributed by atoms with E-state index in [9.17, 15) is 14.4 Å². The molecule has 2 rings (SSSR count). The van der Waals surface area contributed by atoms with Crippen molar-refractivity contribution >= 4 is 40.9 Å². The zero-order valence-corrected chi connectivity index (χ0v) is 14.4. The maximum absolute atomic E-state index is 11.7. The number of aromatic nitrogens is 1.